The zero-order valence-corrected chi connectivity index (χ0v) is 10.5. The van der Waals surface area contributed by atoms with Crippen LogP contribution in [0.25, 0.3) is 11.2 Å². The van der Waals surface area contributed by atoms with Gasteiger partial charge in [-0.3, -0.25) is 0 Å². The molecule has 0 aliphatic heterocycles. The molecular weight excluding hydrogens is 246 g/mol. The Kier molecular flexibility index (Phi) is 2.99. The molecule has 0 radical (unpaired) electrons. The highest BCUT2D eigenvalue weighted by molar-refractivity contribution is 6.30. The fourth-order valence-electron chi connectivity index (χ4n) is 1.95. The van der Waals surface area contributed by atoms with Gasteiger partial charge in [0.1, 0.15) is 0 Å². The lowest BCUT2D eigenvalue weighted by atomic mass is 10.1. The van der Waals surface area contributed by atoms with Gasteiger partial charge in [0.25, 0.3) is 0 Å². The summed E-state index contributed by atoms with van der Waals surface area (Å²) in [5, 5.41) is 0.777. The summed E-state index contributed by atoms with van der Waals surface area (Å²) in [6, 6.07) is 10.1. The van der Waals surface area contributed by atoms with E-state index >= 15 is 0 Å². The number of benzene rings is 1. The van der Waals surface area contributed by atoms with E-state index in [4.69, 9.17) is 11.6 Å². The van der Waals surface area contributed by atoms with E-state index in [9.17, 15) is 0 Å². The molecule has 90 valence electrons. The summed E-state index contributed by atoms with van der Waals surface area (Å²) in [4.78, 5) is 11.5. The van der Waals surface area contributed by atoms with Crippen molar-refractivity contribution in [1.29, 1.82) is 0 Å². The number of fused-ring (bicyclic) bond motifs is 1. The van der Waals surface area contributed by atoms with Gasteiger partial charge in [-0.25, -0.2) is 9.97 Å². The number of imidazole rings is 1. The number of halogens is 1. The van der Waals surface area contributed by atoms with Crippen LogP contribution in [0, 0.1) is 0 Å². The van der Waals surface area contributed by atoms with E-state index in [1.165, 1.54) is 11.1 Å². The average molecular weight is 258 g/mol. The van der Waals surface area contributed by atoms with Crippen molar-refractivity contribution in [1.82, 2.24) is 15.0 Å². The molecule has 2 heterocycles. The predicted octanol–water partition coefficient (Wildman–Crippen LogP) is 3.40. The van der Waals surface area contributed by atoms with E-state index in [1.807, 2.05) is 18.3 Å². The van der Waals surface area contributed by atoms with E-state index in [1.54, 1.807) is 6.33 Å². The highest BCUT2D eigenvalue weighted by Gasteiger charge is 2.01. The highest BCUT2D eigenvalue weighted by Crippen LogP contribution is 2.13. The number of aryl methyl sites for hydroxylation is 2. The van der Waals surface area contributed by atoms with E-state index < -0.39 is 0 Å². The van der Waals surface area contributed by atoms with Crippen molar-refractivity contribution in [2.24, 2.45) is 0 Å². The van der Waals surface area contributed by atoms with Crippen molar-refractivity contribution in [3.63, 3.8) is 0 Å². The molecule has 4 heteroatoms. The average Bonchev–Trinajstić information content (AvgIpc) is 2.85. The van der Waals surface area contributed by atoms with Gasteiger partial charge in [0.2, 0.25) is 0 Å². The van der Waals surface area contributed by atoms with Gasteiger partial charge < -0.3 is 4.98 Å². The lowest BCUT2D eigenvalue weighted by Gasteiger charge is -2.02. The first kappa shape index (κ1) is 11.2. The number of hydrogen-bond acceptors (Lipinski definition) is 2. The Morgan fingerprint density at radius 3 is 2.61 bits per heavy atom. The molecule has 2 aromatic heterocycles. The minimum Gasteiger partial charge on any atom is -0.343 e. The highest BCUT2D eigenvalue weighted by atomic mass is 35.5. The number of aromatic nitrogens is 3. The van der Waals surface area contributed by atoms with E-state index in [0.29, 0.717) is 0 Å². The Balaban J connectivity index is 1.74. The second-order valence-electron chi connectivity index (χ2n) is 4.24. The summed E-state index contributed by atoms with van der Waals surface area (Å²) in [6.45, 7) is 0. The number of pyridine rings is 1. The maximum absolute atomic E-state index is 5.86. The van der Waals surface area contributed by atoms with Crippen LogP contribution in [0.4, 0.5) is 0 Å². The van der Waals surface area contributed by atoms with Crippen LogP contribution < -0.4 is 0 Å². The normalized spacial score (nSPS) is 10.9. The maximum Gasteiger partial charge on any atom is 0.177 e. The minimum absolute atomic E-state index is 0.769. The second-order valence-corrected chi connectivity index (χ2v) is 4.68. The molecule has 0 aliphatic carbocycles. The quantitative estimate of drug-likeness (QED) is 0.781. The topological polar surface area (TPSA) is 41.6 Å². The van der Waals surface area contributed by atoms with E-state index in [2.05, 4.69) is 33.2 Å². The van der Waals surface area contributed by atoms with Crippen molar-refractivity contribution in [2.75, 3.05) is 0 Å². The lowest BCUT2D eigenvalue weighted by Crippen LogP contribution is -1.92. The molecule has 0 spiro atoms. The van der Waals surface area contributed by atoms with Crippen molar-refractivity contribution in [3.05, 3.63) is 59.0 Å². The molecular formula is C14H12ClN3. The van der Waals surface area contributed by atoms with Crippen LogP contribution in [0.5, 0.6) is 0 Å². The molecule has 18 heavy (non-hydrogen) atoms. The zero-order valence-electron chi connectivity index (χ0n) is 9.73. The maximum atomic E-state index is 5.86. The monoisotopic (exact) mass is 257 g/mol. The summed E-state index contributed by atoms with van der Waals surface area (Å²) < 4.78 is 0. The summed E-state index contributed by atoms with van der Waals surface area (Å²) in [6.07, 6.45) is 5.50. The Labute approximate surface area is 110 Å². The first-order chi connectivity index (χ1) is 8.81. The van der Waals surface area contributed by atoms with Crippen LogP contribution in [0.1, 0.15) is 11.1 Å². The van der Waals surface area contributed by atoms with Gasteiger partial charge in [0.05, 0.1) is 11.8 Å². The van der Waals surface area contributed by atoms with Crippen molar-refractivity contribution >= 4 is 22.8 Å². The first-order valence-corrected chi connectivity index (χ1v) is 6.21. The third kappa shape index (κ3) is 2.36. The van der Waals surface area contributed by atoms with Crippen LogP contribution in [-0.4, -0.2) is 15.0 Å². The minimum atomic E-state index is 0.769. The Morgan fingerprint density at radius 2 is 1.78 bits per heavy atom. The van der Waals surface area contributed by atoms with Gasteiger partial charge in [-0.1, -0.05) is 23.7 Å². The van der Waals surface area contributed by atoms with Crippen LogP contribution >= 0.6 is 11.6 Å². The third-order valence-corrected chi connectivity index (χ3v) is 3.20. The molecule has 0 aliphatic rings. The molecule has 0 bridgehead atoms. The Bertz CT molecular complexity index is 658. The van der Waals surface area contributed by atoms with E-state index in [0.717, 1.165) is 29.0 Å². The van der Waals surface area contributed by atoms with Gasteiger partial charge in [-0.2, -0.15) is 0 Å². The predicted molar refractivity (Wildman–Crippen MR) is 72.7 cm³/mol. The summed E-state index contributed by atoms with van der Waals surface area (Å²) in [5.74, 6) is 0. The fourth-order valence-corrected chi connectivity index (χ4v) is 2.08. The molecule has 1 N–H and O–H groups in total. The Morgan fingerprint density at radius 1 is 1.00 bits per heavy atom. The SMILES string of the molecule is Clc1ccc(CCc2cnc3nc[nH]c3c2)cc1. The third-order valence-electron chi connectivity index (χ3n) is 2.95. The molecule has 0 fully saturated rings. The molecule has 0 unspecified atom stereocenters. The number of hydrogen-bond donors (Lipinski definition) is 1. The molecule has 1 aromatic carbocycles. The standard InChI is InChI=1S/C14H12ClN3/c15-12-5-3-10(4-6-12)1-2-11-7-13-14(16-8-11)18-9-17-13/h3-9H,1-2H2,(H,16,17,18). The smallest absolute Gasteiger partial charge is 0.177 e. The molecule has 3 aromatic rings. The van der Waals surface area contributed by atoms with Gasteiger partial charge in [-0.15, -0.1) is 0 Å². The molecule has 0 saturated carbocycles. The number of rotatable bonds is 3. The van der Waals surface area contributed by atoms with Gasteiger partial charge >= 0.3 is 0 Å². The zero-order chi connectivity index (χ0) is 12.4. The second kappa shape index (κ2) is 4.78. The largest absolute Gasteiger partial charge is 0.343 e. The summed E-state index contributed by atoms with van der Waals surface area (Å²) in [5.41, 5.74) is 4.25. The van der Waals surface area contributed by atoms with E-state index in [-0.39, 0.29) is 0 Å². The van der Waals surface area contributed by atoms with Crippen LogP contribution in [0.2, 0.25) is 5.02 Å². The van der Waals surface area contributed by atoms with Gasteiger partial charge in [0.15, 0.2) is 5.65 Å². The Hall–Kier alpha value is -1.87. The molecule has 0 atom stereocenters. The number of nitrogens with zero attached hydrogens (tertiary/aromatic N) is 2. The molecule has 0 amide bonds. The van der Waals surface area contributed by atoms with Crippen LogP contribution in [0.15, 0.2) is 42.9 Å². The van der Waals surface area contributed by atoms with Crippen molar-refractivity contribution in [2.45, 2.75) is 12.8 Å². The molecule has 3 nitrogen and oxygen atoms in total. The summed E-state index contributed by atoms with van der Waals surface area (Å²) in [7, 11) is 0. The number of nitrogens with one attached hydrogen (secondary N) is 1. The summed E-state index contributed by atoms with van der Waals surface area (Å²) >= 11 is 5.86. The van der Waals surface area contributed by atoms with Crippen LogP contribution in [0.3, 0.4) is 0 Å². The molecule has 0 saturated heterocycles. The first-order valence-electron chi connectivity index (χ1n) is 5.84. The van der Waals surface area contributed by atoms with Gasteiger partial charge in [0, 0.05) is 11.2 Å². The van der Waals surface area contributed by atoms with Crippen LogP contribution in [-0.2, 0) is 12.8 Å². The number of aromatic amines is 1. The van der Waals surface area contributed by atoms with Gasteiger partial charge in [-0.05, 0) is 42.2 Å². The van der Waals surface area contributed by atoms with Crippen molar-refractivity contribution in [3.8, 4) is 0 Å². The fraction of sp³-hybridized carbons (Fsp3) is 0.143. The van der Waals surface area contributed by atoms with Crippen molar-refractivity contribution < 1.29 is 0 Å². The molecule has 3 rings (SSSR count). The number of H-pyrrole nitrogens is 1. The lowest BCUT2D eigenvalue weighted by molar-refractivity contribution is 0.954.